The van der Waals surface area contributed by atoms with Crippen LogP contribution in [0.5, 0.6) is 5.75 Å². The van der Waals surface area contributed by atoms with Gasteiger partial charge in [0.25, 0.3) is 0 Å². The smallest absolute Gasteiger partial charge is 0.196 e. The number of hydrogen-bond donors (Lipinski definition) is 3. The van der Waals surface area contributed by atoms with Gasteiger partial charge in [0.1, 0.15) is 0 Å². The van der Waals surface area contributed by atoms with Crippen LogP contribution in [-0.2, 0) is 4.57 Å². The second-order valence-electron chi connectivity index (χ2n) is 7.21. The summed E-state index contributed by atoms with van der Waals surface area (Å²) in [6.45, 7) is 6.48. The minimum absolute atomic E-state index is 0.0169. The van der Waals surface area contributed by atoms with Crippen LogP contribution in [0.3, 0.4) is 0 Å². The fourth-order valence-corrected chi connectivity index (χ4v) is 3.61. The zero-order valence-corrected chi connectivity index (χ0v) is 17.0. The maximum Gasteiger partial charge on any atom is 0.196 e. The summed E-state index contributed by atoms with van der Waals surface area (Å²) < 4.78 is 19.8. The Morgan fingerprint density at radius 3 is 2.41 bits per heavy atom. The SMILES string of the molecule is CC(C)(C)[C@@H](Nc1nsnc1Nc1cccc(P=O)c1O)c1ccccc1. The van der Waals surface area contributed by atoms with Crippen molar-refractivity contribution in [2.75, 3.05) is 10.6 Å². The summed E-state index contributed by atoms with van der Waals surface area (Å²) in [5, 5.41) is 17.1. The van der Waals surface area contributed by atoms with E-state index in [1.165, 1.54) is 0 Å². The fraction of sp³-hybridized carbons (Fsp3) is 0.263. The quantitative estimate of drug-likeness (QED) is 0.394. The van der Waals surface area contributed by atoms with Crippen molar-refractivity contribution in [3.8, 4) is 5.75 Å². The minimum atomic E-state index is -0.240. The molecule has 0 fully saturated rings. The number of phenolic OH excluding ortho intramolecular Hbond substituents is 1. The first-order valence-corrected chi connectivity index (χ1v) is 10.0. The van der Waals surface area contributed by atoms with E-state index in [0.717, 1.165) is 17.3 Å². The van der Waals surface area contributed by atoms with Gasteiger partial charge in [-0.2, -0.15) is 8.75 Å². The molecule has 27 heavy (non-hydrogen) atoms. The fourth-order valence-electron chi connectivity index (χ4n) is 2.78. The Morgan fingerprint density at radius 2 is 1.74 bits per heavy atom. The zero-order chi connectivity index (χ0) is 19.4. The van der Waals surface area contributed by atoms with E-state index in [1.807, 2.05) is 18.2 Å². The molecule has 0 aliphatic carbocycles. The van der Waals surface area contributed by atoms with Gasteiger partial charge < -0.3 is 15.7 Å². The van der Waals surface area contributed by atoms with Gasteiger partial charge in [0.05, 0.1) is 28.8 Å². The molecule has 0 saturated carbocycles. The van der Waals surface area contributed by atoms with Gasteiger partial charge in [0, 0.05) is 0 Å². The first-order valence-electron chi connectivity index (χ1n) is 8.46. The average Bonchev–Trinajstić information content (AvgIpc) is 3.08. The van der Waals surface area contributed by atoms with Crippen LogP contribution >= 0.6 is 20.2 Å². The van der Waals surface area contributed by atoms with Gasteiger partial charge in [0.15, 0.2) is 25.8 Å². The first kappa shape index (κ1) is 19.3. The Bertz CT molecular complexity index is 925. The van der Waals surface area contributed by atoms with E-state index < -0.39 is 0 Å². The number of anilines is 3. The molecule has 0 amide bonds. The molecule has 3 rings (SSSR count). The summed E-state index contributed by atoms with van der Waals surface area (Å²) in [7, 11) is -0.240. The monoisotopic (exact) mass is 400 g/mol. The van der Waals surface area contributed by atoms with Crippen molar-refractivity contribution in [2.45, 2.75) is 26.8 Å². The number of aromatic nitrogens is 2. The highest BCUT2D eigenvalue weighted by Gasteiger charge is 2.28. The molecular formula is C19H21N4O2PS. The first-order chi connectivity index (χ1) is 12.9. The third-order valence-electron chi connectivity index (χ3n) is 4.13. The van der Waals surface area contributed by atoms with Crippen molar-refractivity contribution >= 4 is 42.8 Å². The molecular weight excluding hydrogens is 379 g/mol. The van der Waals surface area contributed by atoms with Gasteiger partial charge >= 0.3 is 0 Å². The predicted octanol–water partition coefficient (Wildman–Crippen LogP) is 5.10. The summed E-state index contributed by atoms with van der Waals surface area (Å²) in [5.74, 6) is 1.05. The number of benzene rings is 2. The van der Waals surface area contributed by atoms with Crippen LogP contribution < -0.4 is 15.9 Å². The highest BCUT2D eigenvalue weighted by molar-refractivity contribution is 7.34. The van der Waals surface area contributed by atoms with Crippen molar-refractivity contribution in [2.24, 2.45) is 5.41 Å². The summed E-state index contributed by atoms with van der Waals surface area (Å²) in [6, 6.07) is 15.2. The highest BCUT2D eigenvalue weighted by Crippen LogP contribution is 2.38. The molecule has 3 aromatic rings. The van der Waals surface area contributed by atoms with Crippen molar-refractivity contribution < 1.29 is 9.67 Å². The van der Waals surface area contributed by atoms with E-state index in [0.29, 0.717) is 22.6 Å². The molecule has 0 unspecified atom stereocenters. The molecule has 2 aromatic carbocycles. The van der Waals surface area contributed by atoms with Crippen LogP contribution in [0, 0.1) is 5.41 Å². The Kier molecular flexibility index (Phi) is 5.73. The molecule has 140 valence electrons. The number of hydrogen-bond acceptors (Lipinski definition) is 7. The van der Waals surface area contributed by atoms with Crippen molar-refractivity contribution in [1.82, 2.24) is 8.75 Å². The molecule has 1 heterocycles. The van der Waals surface area contributed by atoms with Crippen molar-refractivity contribution in [1.29, 1.82) is 0 Å². The average molecular weight is 400 g/mol. The molecule has 8 heteroatoms. The third-order valence-corrected chi connectivity index (χ3v) is 5.22. The van der Waals surface area contributed by atoms with Gasteiger partial charge in [-0.05, 0) is 23.1 Å². The third kappa shape index (κ3) is 4.43. The van der Waals surface area contributed by atoms with Crippen LogP contribution in [0.4, 0.5) is 17.3 Å². The zero-order valence-electron chi connectivity index (χ0n) is 15.3. The number of nitrogens with one attached hydrogen (secondary N) is 2. The van der Waals surface area contributed by atoms with Gasteiger partial charge in [-0.3, -0.25) is 4.57 Å². The molecule has 0 spiro atoms. The molecule has 0 aliphatic heterocycles. The Morgan fingerprint density at radius 1 is 1.04 bits per heavy atom. The lowest BCUT2D eigenvalue weighted by Crippen LogP contribution is -2.26. The van der Waals surface area contributed by atoms with E-state index >= 15 is 0 Å². The summed E-state index contributed by atoms with van der Waals surface area (Å²) in [5.41, 5.74) is 1.52. The standard InChI is InChI=1S/C19H21N4O2PS/c1-19(2,3)16(12-8-5-4-6-9-12)21-18-17(22-27-23-18)20-13-10-7-11-14(26-25)15(13)24/h4-11,16,24H,1-3H3,(H,20,22)(H,21,23)/t16-/m0/s1. The van der Waals surface area contributed by atoms with E-state index in [-0.39, 0.29) is 25.7 Å². The normalized spacial score (nSPS) is 12.7. The van der Waals surface area contributed by atoms with Crippen LogP contribution in [0.15, 0.2) is 48.5 Å². The summed E-state index contributed by atoms with van der Waals surface area (Å²) in [6.07, 6.45) is 0. The maximum absolute atomic E-state index is 11.1. The number of aromatic hydroxyl groups is 1. The number of phenols is 1. The summed E-state index contributed by atoms with van der Waals surface area (Å²) in [4.78, 5) is 0. The molecule has 1 atom stereocenters. The molecule has 6 nitrogen and oxygen atoms in total. The Hall–Kier alpha value is -2.50. The lowest BCUT2D eigenvalue weighted by atomic mass is 9.82. The van der Waals surface area contributed by atoms with E-state index in [9.17, 15) is 9.67 Å². The highest BCUT2D eigenvalue weighted by atomic mass is 32.1. The molecule has 0 saturated heterocycles. The maximum atomic E-state index is 11.1. The lowest BCUT2D eigenvalue weighted by molar-refractivity contribution is 0.347. The van der Waals surface area contributed by atoms with Crippen molar-refractivity contribution in [3.05, 3.63) is 54.1 Å². The summed E-state index contributed by atoms with van der Waals surface area (Å²) >= 11 is 1.08. The van der Waals surface area contributed by atoms with Gasteiger partial charge in [-0.25, -0.2) is 0 Å². The van der Waals surface area contributed by atoms with Gasteiger partial charge in [0.2, 0.25) is 0 Å². The second-order valence-corrected chi connectivity index (χ2v) is 8.40. The molecule has 0 aliphatic rings. The topological polar surface area (TPSA) is 87.1 Å². The van der Waals surface area contributed by atoms with Crippen molar-refractivity contribution in [3.63, 3.8) is 0 Å². The van der Waals surface area contributed by atoms with Gasteiger partial charge in [-0.15, -0.1) is 0 Å². The lowest BCUT2D eigenvalue weighted by Gasteiger charge is -2.32. The number of rotatable bonds is 6. The van der Waals surface area contributed by atoms with Crippen LogP contribution in [0.25, 0.3) is 0 Å². The van der Waals surface area contributed by atoms with Crippen LogP contribution in [0.2, 0.25) is 0 Å². The van der Waals surface area contributed by atoms with Gasteiger partial charge in [-0.1, -0.05) is 57.2 Å². The number of para-hydroxylation sites is 1. The second kappa shape index (κ2) is 8.03. The molecule has 0 radical (unpaired) electrons. The molecule has 0 bridgehead atoms. The molecule has 1 aromatic heterocycles. The van der Waals surface area contributed by atoms with E-state index in [1.54, 1.807) is 18.2 Å². The number of nitrogens with zero attached hydrogens (tertiary/aromatic N) is 2. The van der Waals surface area contributed by atoms with Crippen LogP contribution in [-0.4, -0.2) is 13.9 Å². The van der Waals surface area contributed by atoms with Crippen LogP contribution in [0.1, 0.15) is 32.4 Å². The van der Waals surface area contributed by atoms with E-state index in [4.69, 9.17) is 0 Å². The minimum Gasteiger partial charge on any atom is -0.505 e. The largest absolute Gasteiger partial charge is 0.505 e. The Labute approximate surface area is 164 Å². The van der Waals surface area contributed by atoms with E-state index in [2.05, 4.69) is 52.3 Å². The Balaban J connectivity index is 1.89. The molecule has 3 N–H and O–H groups in total. The predicted molar refractivity (Wildman–Crippen MR) is 111 cm³/mol.